The summed E-state index contributed by atoms with van der Waals surface area (Å²) < 4.78 is 11.3. The first-order valence-corrected chi connectivity index (χ1v) is 5.01. The summed E-state index contributed by atoms with van der Waals surface area (Å²) in [5.41, 5.74) is 1.06. The van der Waals surface area contributed by atoms with E-state index in [1.54, 1.807) is 14.2 Å². The van der Waals surface area contributed by atoms with E-state index < -0.39 is 0 Å². The largest absolute Gasteiger partial charge is 0.497 e. The minimum atomic E-state index is 0.736. The van der Waals surface area contributed by atoms with Crippen LogP contribution in [0.5, 0.6) is 11.5 Å². The molecule has 0 aliphatic heterocycles. The van der Waals surface area contributed by atoms with Crippen molar-refractivity contribution >= 4 is 15.9 Å². The van der Waals surface area contributed by atoms with Crippen LogP contribution >= 0.6 is 15.9 Å². The van der Waals surface area contributed by atoms with Crippen LogP contribution < -0.4 is 9.47 Å². The monoisotopic (exact) mass is 256 g/mol. The molecule has 0 spiro atoms. The third-order valence-corrected chi connectivity index (χ3v) is 2.15. The Morgan fingerprint density at radius 2 is 2.07 bits per heavy atom. The smallest absolute Gasteiger partial charge is 0.122 e. The van der Waals surface area contributed by atoms with Gasteiger partial charge in [-0.1, -0.05) is 22.5 Å². The Kier molecular flexibility index (Phi) is 4.01. The lowest BCUT2D eigenvalue weighted by atomic mass is 10.1. The number of ether oxygens (including phenoxy) is 2. The van der Waals surface area contributed by atoms with Gasteiger partial charge in [-0.25, -0.2) is 0 Å². The van der Waals surface area contributed by atoms with Crippen LogP contribution in [0.3, 0.4) is 0 Å². The van der Waals surface area contributed by atoms with Crippen molar-refractivity contribution in [2.24, 2.45) is 0 Å². The van der Waals surface area contributed by atoms with Gasteiger partial charge in [-0.3, -0.25) is 0 Å². The average molecular weight is 257 g/mol. The summed E-state index contributed by atoms with van der Waals surface area (Å²) in [6.07, 6.45) is 0.736. The quantitative estimate of drug-likeness (QED) is 0.824. The van der Waals surface area contributed by atoms with Gasteiger partial charge in [-0.05, 0) is 22.7 Å². The number of hydrogen-bond donors (Lipinski definition) is 0. The molecule has 14 heavy (non-hydrogen) atoms. The molecule has 0 aliphatic rings. The van der Waals surface area contributed by atoms with Crippen molar-refractivity contribution in [2.75, 3.05) is 14.2 Å². The molecule has 0 radical (unpaired) electrons. The van der Waals surface area contributed by atoms with Crippen molar-refractivity contribution in [3.05, 3.63) is 34.8 Å². The van der Waals surface area contributed by atoms with Crippen LogP contribution in [0.15, 0.2) is 29.3 Å². The third kappa shape index (κ3) is 2.77. The lowest BCUT2D eigenvalue weighted by Crippen LogP contribution is -1.93. The van der Waals surface area contributed by atoms with Crippen LogP contribution in [0.1, 0.15) is 5.56 Å². The van der Waals surface area contributed by atoms with E-state index in [4.69, 9.17) is 9.47 Å². The van der Waals surface area contributed by atoms with Gasteiger partial charge in [0.25, 0.3) is 0 Å². The highest BCUT2D eigenvalue weighted by molar-refractivity contribution is 9.11. The minimum Gasteiger partial charge on any atom is -0.497 e. The summed E-state index contributed by atoms with van der Waals surface area (Å²) >= 11 is 3.33. The molecular formula is C11H13BrO2. The normalized spacial score (nSPS) is 9.64. The summed E-state index contributed by atoms with van der Waals surface area (Å²) in [6, 6.07) is 5.72. The highest BCUT2D eigenvalue weighted by Gasteiger charge is 2.05. The maximum atomic E-state index is 5.23. The van der Waals surface area contributed by atoms with Gasteiger partial charge in [-0.2, -0.15) is 0 Å². The molecule has 1 aromatic rings. The molecule has 1 rings (SSSR count). The molecule has 0 amide bonds. The van der Waals surface area contributed by atoms with Crippen LogP contribution in [0.4, 0.5) is 0 Å². The first-order chi connectivity index (χ1) is 6.67. The van der Waals surface area contributed by atoms with Gasteiger partial charge in [0.1, 0.15) is 11.5 Å². The number of allylic oxidation sites excluding steroid dienone is 1. The fourth-order valence-electron chi connectivity index (χ4n) is 1.23. The molecule has 0 atom stereocenters. The Labute approximate surface area is 92.7 Å². The van der Waals surface area contributed by atoms with E-state index in [9.17, 15) is 0 Å². The van der Waals surface area contributed by atoms with Crippen molar-refractivity contribution in [3.63, 3.8) is 0 Å². The molecule has 76 valence electrons. The zero-order valence-electron chi connectivity index (χ0n) is 8.34. The summed E-state index contributed by atoms with van der Waals surface area (Å²) in [7, 11) is 3.30. The van der Waals surface area contributed by atoms with E-state index in [0.717, 1.165) is 28.0 Å². The van der Waals surface area contributed by atoms with Gasteiger partial charge in [0.2, 0.25) is 0 Å². The maximum Gasteiger partial charge on any atom is 0.122 e. The van der Waals surface area contributed by atoms with Crippen molar-refractivity contribution in [2.45, 2.75) is 6.42 Å². The maximum absolute atomic E-state index is 5.23. The molecule has 0 unspecified atom stereocenters. The van der Waals surface area contributed by atoms with Crippen molar-refractivity contribution < 1.29 is 9.47 Å². The average Bonchev–Trinajstić information content (AvgIpc) is 2.16. The highest BCUT2D eigenvalue weighted by Crippen LogP contribution is 2.26. The zero-order chi connectivity index (χ0) is 10.6. The number of hydrogen-bond acceptors (Lipinski definition) is 2. The van der Waals surface area contributed by atoms with Gasteiger partial charge >= 0.3 is 0 Å². The fourth-order valence-corrected chi connectivity index (χ4v) is 1.53. The first-order valence-electron chi connectivity index (χ1n) is 4.21. The van der Waals surface area contributed by atoms with Crippen LogP contribution in [-0.4, -0.2) is 14.2 Å². The Bertz CT molecular complexity index is 334. The molecule has 0 heterocycles. The summed E-state index contributed by atoms with van der Waals surface area (Å²) in [4.78, 5) is 0. The highest BCUT2D eigenvalue weighted by atomic mass is 79.9. The topological polar surface area (TPSA) is 18.5 Å². The number of rotatable bonds is 4. The van der Waals surface area contributed by atoms with Gasteiger partial charge in [0.05, 0.1) is 14.2 Å². The van der Waals surface area contributed by atoms with E-state index in [0.29, 0.717) is 0 Å². The molecule has 0 saturated heterocycles. The molecule has 0 bridgehead atoms. The predicted molar refractivity (Wildman–Crippen MR) is 61.3 cm³/mol. The van der Waals surface area contributed by atoms with Gasteiger partial charge in [-0.15, -0.1) is 0 Å². The van der Waals surface area contributed by atoms with Crippen molar-refractivity contribution in [1.82, 2.24) is 0 Å². The Hall–Kier alpha value is -0.960. The van der Waals surface area contributed by atoms with Crippen LogP contribution in [-0.2, 0) is 6.42 Å². The Balaban J connectivity index is 3.01. The molecule has 0 N–H and O–H groups in total. The minimum absolute atomic E-state index is 0.736. The number of methoxy groups -OCH3 is 2. The number of halogens is 1. The van der Waals surface area contributed by atoms with Gasteiger partial charge in [0, 0.05) is 12.0 Å². The second-order valence-electron chi connectivity index (χ2n) is 2.87. The zero-order valence-corrected chi connectivity index (χ0v) is 9.93. The summed E-state index contributed by atoms with van der Waals surface area (Å²) in [5, 5.41) is 0. The first kappa shape index (κ1) is 11.1. The van der Waals surface area contributed by atoms with E-state index in [-0.39, 0.29) is 0 Å². The second kappa shape index (κ2) is 5.05. The third-order valence-electron chi connectivity index (χ3n) is 1.87. The van der Waals surface area contributed by atoms with Crippen LogP contribution in [0.25, 0.3) is 0 Å². The second-order valence-corrected chi connectivity index (χ2v) is 3.99. The van der Waals surface area contributed by atoms with E-state index in [1.807, 2.05) is 18.2 Å². The Morgan fingerprint density at radius 3 is 2.57 bits per heavy atom. The summed E-state index contributed by atoms with van der Waals surface area (Å²) in [6.45, 7) is 3.80. The molecule has 0 saturated carbocycles. The van der Waals surface area contributed by atoms with Gasteiger partial charge < -0.3 is 9.47 Å². The van der Waals surface area contributed by atoms with Crippen molar-refractivity contribution in [3.8, 4) is 11.5 Å². The molecule has 2 nitrogen and oxygen atoms in total. The summed E-state index contributed by atoms with van der Waals surface area (Å²) in [5.74, 6) is 1.68. The van der Waals surface area contributed by atoms with Crippen LogP contribution in [0, 0.1) is 0 Å². The predicted octanol–water partition coefficient (Wildman–Crippen LogP) is 3.15. The fraction of sp³-hybridized carbons (Fsp3) is 0.273. The molecule has 0 fully saturated rings. The molecule has 3 heteroatoms. The molecule has 0 aliphatic carbocycles. The molecule has 1 aromatic carbocycles. The molecule has 0 aromatic heterocycles. The van der Waals surface area contributed by atoms with E-state index in [1.165, 1.54) is 0 Å². The lowest BCUT2D eigenvalue weighted by molar-refractivity contribution is 0.399. The standard InChI is InChI=1S/C11H13BrO2/c1-8(12)6-9-7-10(13-2)4-5-11(9)14-3/h4-5,7H,1,6H2,2-3H3. The van der Waals surface area contributed by atoms with Gasteiger partial charge in [0.15, 0.2) is 0 Å². The SMILES string of the molecule is C=C(Br)Cc1cc(OC)ccc1OC. The number of benzene rings is 1. The van der Waals surface area contributed by atoms with E-state index in [2.05, 4.69) is 22.5 Å². The Morgan fingerprint density at radius 1 is 1.36 bits per heavy atom. The van der Waals surface area contributed by atoms with Crippen LogP contribution in [0.2, 0.25) is 0 Å². The lowest BCUT2D eigenvalue weighted by Gasteiger charge is -2.09. The van der Waals surface area contributed by atoms with E-state index >= 15 is 0 Å². The molecular weight excluding hydrogens is 244 g/mol. The van der Waals surface area contributed by atoms with Crippen molar-refractivity contribution in [1.29, 1.82) is 0 Å².